The van der Waals surface area contributed by atoms with Crippen LogP contribution >= 0.6 is 23.1 Å². The van der Waals surface area contributed by atoms with E-state index in [0.29, 0.717) is 10.6 Å². The Labute approximate surface area is 168 Å². The van der Waals surface area contributed by atoms with Gasteiger partial charge in [0.05, 0.1) is 11.1 Å². The second kappa shape index (κ2) is 6.65. The van der Waals surface area contributed by atoms with Gasteiger partial charge in [-0.1, -0.05) is 17.2 Å². The maximum atomic E-state index is 13.1. The molecule has 0 unspecified atom stereocenters. The second-order valence-electron chi connectivity index (χ2n) is 6.41. The van der Waals surface area contributed by atoms with Crippen LogP contribution in [0.25, 0.3) is 5.00 Å². The van der Waals surface area contributed by atoms with E-state index in [-0.39, 0.29) is 11.1 Å². The third-order valence-electron chi connectivity index (χ3n) is 4.78. The number of thioether (sulfide) groups is 1. The lowest BCUT2D eigenvalue weighted by Crippen LogP contribution is -2.33. The molecule has 0 atom stereocenters. The number of nitrogens with zero attached hydrogens (tertiary/aromatic N) is 2. The summed E-state index contributed by atoms with van der Waals surface area (Å²) in [6.07, 6.45) is 4.48. The lowest BCUT2D eigenvalue weighted by atomic mass is 10.1. The number of benzene rings is 1. The number of imide groups is 1. The van der Waals surface area contributed by atoms with Crippen molar-refractivity contribution in [1.29, 1.82) is 0 Å². The topological polar surface area (TPSA) is 68.6 Å². The highest BCUT2D eigenvalue weighted by Gasteiger charge is 2.40. The Morgan fingerprint density at radius 3 is 2.36 bits per heavy atom. The lowest BCUT2D eigenvalue weighted by Gasteiger charge is -2.15. The van der Waals surface area contributed by atoms with Crippen molar-refractivity contribution in [2.75, 3.05) is 5.75 Å². The summed E-state index contributed by atoms with van der Waals surface area (Å²) >= 11 is 3.37. The molecule has 4 heterocycles. The Hall–Kier alpha value is -2.84. The third kappa shape index (κ3) is 2.60. The predicted molar refractivity (Wildman–Crippen MR) is 106 cm³/mol. The molecule has 1 aromatic carbocycles. The molecule has 8 heteroatoms. The Morgan fingerprint density at radius 1 is 1.00 bits per heavy atom. The Kier molecular flexibility index (Phi) is 4.10. The second-order valence-corrected chi connectivity index (χ2v) is 8.59. The molecule has 5 rings (SSSR count). The SMILES string of the molecule is O=C(ON1C(=O)c2ccccc2C1=O)c1c(-n2cccc2)sc2c1CCSC2. The molecule has 0 N–H and O–H groups in total. The van der Waals surface area contributed by atoms with Crippen LogP contribution in [0.15, 0.2) is 48.8 Å². The number of aromatic nitrogens is 1. The largest absolute Gasteiger partial charge is 0.367 e. The summed E-state index contributed by atoms with van der Waals surface area (Å²) in [4.78, 5) is 44.7. The van der Waals surface area contributed by atoms with Crippen LogP contribution in [-0.4, -0.2) is 33.2 Å². The maximum Gasteiger partial charge on any atom is 0.367 e. The zero-order chi connectivity index (χ0) is 19.3. The van der Waals surface area contributed by atoms with Crippen LogP contribution in [-0.2, 0) is 17.0 Å². The maximum absolute atomic E-state index is 13.1. The van der Waals surface area contributed by atoms with Gasteiger partial charge in [0.2, 0.25) is 0 Å². The molecule has 0 bridgehead atoms. The quantitative estimate of drug-likeness (QED) is 0.616. The standard InChI is InChI=1S/C20H14N2O4S2/c23-17-12-5-1-2-6-13(12)18(24)22(17)26-20(25)16-14-7-10-27-11-15(14)28-19(16)21-8-3-4-9-21/h1-6,8-9H,7,10-11H2. The van der Waals surface area contributed by atoms with Gasteiger partial charge in [0.15, 0.2) is 0 Å². The van der Waals surface area contributed by atoms with Crippen LogP contribution in [0.5, 0.6) is 0 Å². The van der Waals surface area contributed by atoms with Crippen molar-refractivity contribution in [2.45, 2.75) is 12.2 Å². The number of carbonyl (C=O) groups excluding carboxylic acids is 3. The monoisotopic (exact) mass is 410 g/mol. The molecule has 6 nitrogen and oxygen atoms in total. The Bertz CT molecular complexity index is 1080. The summed E-state index contributed by atoms with van der Waals surface area (Å²) in [7, 11) is 0. The molecule has 140 valence electrons. The summed E-state index contributed by atoms with van der Waals surface area (Å²) in [5, 5.41) is 1.33. The van der Waals surface area contributed by atoms with Crippen LogP contribution in [0.1, 0.15) is 41.5 Å². The fourth-order valence-electron chi connectivity index (χ4n) is 3.46. The highest BCUT2D eigenvalue weighted by molar-refractivity contribution is 7.98. The van der Waals surface area contributed by atoms with E-state index in [9.17, 15) is 14.4 Å². The van der Waals surface area contributed by atoms with Gasteiger partial charge in [0.25, 0.3) is 11.8 Å². The summed E-state index contributed by atoms with van der Waals surface area (Å²) in [6, 6.07) is 10.2. The molecular formula is C20H14N2O4S2. The minimum absolute atomic E-state index is 0.245. The van der Waals surface area contributed by atoms with Gasteiger partial charge in [0.1, 0.15) is 10.6 Å². The highest BCUT2D eigenvalue weighted by Crippen LogP contribution is 2.39. The van der Waals surface area contributed by atoms with Crippen molar-refractivity contribution in [3.8, 4) is 5.00 Å². The number of fused-ring (bicyclic) bond motifs is 2. The molecule has 0 aliphatic carbocycles. The molecule has 2 aromatic heterocycles. The van der Waals surface area contributed by atoms with E-state index >= 15 is 0 Å². The first-order chi connectivity index (χ1) is 13.6. The van der Waals surface area contributed by atoms with Gasteiger partial charge >= 0.3 is 5.97 Å². The molecule has 0 fully saturated rings. The summed E-state index contributed by atoms with van der Waals surface area (Å²) in [5.41, 5.74) is 1.88. The van der Waals surface area contributed by atoms with Gasteiger partial charge in [-0.15, -0.1) is 11.3 Å². The molecule has 3 aromatic rings. The van der Waals surface area contributed by atoms with E-state index in [1.54, 1.807) is 35.6 Å². The minimum Gasteiger partial charge on any atom is -0.324 e. The van der Waals surface area contributed by atoms with Crippen molar-refractivity contribution < 1.29 is 19.2 Å². The van der Waals surface area contributed by atoms with Gasteiger partial charge in [-0.2, -0.15) is 11.8 Å². The zero-order valence-electron chi connectivity index (χ0n) is 14.6. The van der Waals surface area contributed by atoms with E-state index in [2.05, 4.69) is 0 Å². The summed E-state index contributed by atoms with van der Waals surface area (Å²) in [6.45, 7) is 0. The molecule has 0 saturated carbocycles. The van der Waals surface area contributed by atoms with E-state index in [4.69, 9.17) is 4.84 Å². The Morgan fingerprint density at radius 2 is 1.68 bits per heavy atom. The van der Waals surface area contributed by atoms with Gasteiger partial charge in [-0.05, 0) is 42.0 Å². The van der Waals surface area contributed by atoms with Crippen LogP contribution < -0.4 is 0 Å². The normalized spacial score (nSPS) is 15.5. The molecule has 2 amide bonds. The number of carbonyl (C=O) groups is 3. The number of rotatable bonds is 3. The first-order valence-corrected chi connectivity index (χ1v) is 10.7. The number of amides is 2. The van der Waals surface area contributed by atoms with Gasteiger partial charge in [-0.3, -0.25) is 9.59 Å². The lowest BCUT2D eigenvalue weighted by molar-refractivity contribution is -0.0584. The average Bonchev–Trinajstić information content (AvgIpc) is 3.42. The molecule has 2 aliphatic heterocycles. The molecular weight excluding hydrogens is 396 g/mol. The average molecular weight is 410 g/mol. The first-order valence-electron chi connectivity index (χ1n) is 8.71. The van der Waals surface area contributed by atoms with Crippen LogP contribution in [0.3, 0.4) is 0 Å². The van der Waals surface area contributed by atoms with E-state index in [1.807, 2.05) is 40.9 Å². The zero-order valence-corrected chi connectivity index (χ0v) is 16.2. The fraction of sp³-hybridized carbons (Fsp3) is 0.150. The van der Waals surface area contributed by atoms with Crippen LogP contribution in [0, 0.1) is 0 Å². The third-order valence-corrected chi connectivity index (χ3v) is 7.19. The predicted octanol–water partition coefficient (Wildman–Crippen LogP) is 3.70. The van der Waals surface area contributed by atoms with Crippen molar-refractivity contribution in [3.05, 3.63) is 75.9 Å². The number of hydrogen-bond acceptors (Lipinski definition) is 6. The van der Waals surface area contributed by atoms with Gasteiger partial charge in [-0.25, -0.2) is 4.79 Å². The number of hydrogen-bond donors (Lipinski definition) is 0. The fourth-order valence-corrected chi connectivity index (χ4v) is 5.89. The molecule has 0 spiro atoms. The highest BCUT2D eigenvalue weighted by atomic mass is 32.2. The summed E-state index contributed by atoms with van der Waals surface area (Å²) < 4.78 is 1.87. The van der Waals surface area contributed by atoms with Crippen molar-refractivity contribution in [3.63, 3.8) is 0 Å². The van der Waals surface area contributed by atoms with Crippen molar-refractivity contribution >= 4 is 40.9 Å². The number of hydroxylamine groups is 2. The van der Waals surface area contributed by atoms with Gasteiger partial charge in [0, 0.05) is 23.0 Å². The van der Waals surface area contributed by atoms with E-state index in [0.717, 1.165) is 33.4 Å². The number of thiophene rings is 1. The Balaban J connectivity index is 1.52. The van der Waals surface area contributed by atoms with Crippen molar-refractivity contribution in [2.24, 2.45) is 0 Å². The molecule has 2 aliphatic rings. The smallest absolute Gasteiger partial charge is 0.324 e. The first kappa shape index (κ1) is 17.3. The molecule has 0 radical (unpaired) electrons. The van der Waals surface area contributed by atoms with Gasteiger partial charge < -0.3 is 9.40 Å². The molecule has 0 saturated heterocycles. The van der Waals surface area contributed by atoms with E-state index in [1.165, 1.54) is 0 Å². The van der Waals surface area contributed by atoms with Crippen molar-refractivity contribution in [1.82, 2.24) is 9.63 Å². The minimum atomic E-state index is -0.678. The molecule has 28 heavy (non-hydrogen) atoms. The van der Waals surface area contributed by atoms with E-state index < -0.39 is 17.8 Å². The van der Waals surface area contributed by atoms with Crippen LogP contribution in [0.4, 0.5) is 0 Å². The van der Waals surface area contributed by atoms with Crippen LogP contribution in [0.2, 0.25) is 0 Å². The summed E-state index contributed by atoms with van der Waals surface area (Å²) in [5.74, 6) is -0.147.